The van der Waals surface area contributed by atoms with Crippen LogP contribution in [-0.2, 0) is 19.4 Å². The van der Waals surface area contributed by atoms with Crippen molar-refractivity contribution in [1.82, 2.24) is 0 Å². The van der Waals surface area contributed by atoms with Crippen LogP contribution in [-0.4, -0.2) is 32.4 Å². The third kappa shape index (κ3) is 2.90. The molecule has 1 aromatic rings. The zero-order chi connectivity index (χ0) is 15.8. The number of ether oxygens (including phenoxy) is 1. The van der Waals surface area contributed by atoms with Gasteiger partial charge in [0.1, 0.15) is 0 Å². The fourth-order valence-electron chi connectivity index (χ4n) is 2.35. The highest BCUT2D eigenvalue weighted by Gasteiger charge is 2.73. The molecule has 0 radical (unpaired) electrons. The van der Waals surface area contributed by atoms with E-state index in [9.17, 15) is 26.4 Å². The van der Waals surface area contributed by atoms with E-state index in [1.54, 1.807) is 6.07 Å². The van der Waals surface area contributed by atoms with E-state index in [4.69, 9.17) is 0 Å². The Balaban J connectivity index is 2.35. The molecule has 8 heteroatoms. The van der Waals surface area contributed by atoms with Crippen molar-refractivity contribution in [3.63, 3.8) is 0 Å². The van der Waals surface area contributed by atoms with Crippen molar-refractivity contribution in [3.8, 4) is 0 Å². The number of sulfone groups is 1. The van der Waals surface area contributed by atoms with Crippen LogP contribution >= 0.6 is 0 Å². The summed E-state index contributed by atoms with van der Waals surface area (Å²) in [5.41, 5.74) is 0. The second kappa shape index (κ2) is 5.32. The van der Waals surface area contributed by atoms with Crippen LogP contribution in [0.25, 0.3) is 0 Å². The van der Waals surface area contributed by atoms with Crippen molar-refractivity contribution < 1.29 is 31.1 Å². The Hall–Kier alpha value is -1.57. The first kappa shape index (κ1) is 15.8. The van der Waals surface area contributed by atoms with Gasteiger partial charge in [-0.3, -0.25) is 4.79 Å². The quantitative estimate of drug-likeness (QED) is 0.797. The summed E-state index contributed by atoms with van der Waals surface area (Å²) in [4.78, 5) is 11.3. The van der Waals surface area contributed by atoms with Crippen molar-refractivity contribution in [2.75, 3.05) is 6.61 Å². The third-order valence-electron chi connectivity index (χ3n) is 3.32. The molecule has 0 N–H and O–H groups in total. The van der Waals surface area contributed by atoms with Gasteiger partial charge in [0.2, 0.25) is 0 Å². The summed E-state index contributed by atoms with van der Waals surface area (Å²) in [5.74, 6) is -5.01. The molecular weight excluding hydrogens is 309 g/mol. The first-order valence-electron chi connectivity index (χ1n) is 6.23. The van der Waals surface area contributed by atoms with Crippen LogP contribution < -0.4 is 0 Å². The number of hydrogen-bond acceptors (Lipinski definition) is 4. The van der Waals surface area contributed by atoms with Gasteiger partial charge < -0.3 is 4.74 Å². The second-order valence-corrected chi connectivity index (χ2v) is 6.77. The highest BCUT2D eigenvalue weighted by Crippen LogP contribution is 2.55. The highest BCUT2D eigenvalue weighted by molar-refractivity contribution is 7.92. The smallest absolute Gasteiger partial charge is 0.393 e. The molecule has 1 saturated carbocycles. The normalized spacial score (nSPS) is 25.4. The van der Waals surface area contributed by atoms with Gasteiger partial charge in [-0.25, -0.2) is 8.42 Å². The Kier molecular flexibility index (Phi) is 4.01. The lowest BCUT2D eigenvalue weighted by atomic mass is 10.3. The second-order valence-electron chi connectivity index (χ2n) is 4.67. The molecule has 0 unspecified atom stereocenters. The molecule has 0 aromatic heterocycles. The van der Waals surface area contributed by atoms with Crippen molar-refractivity contribution in [2.45, 2.75) is 23.2 Å². The van der Waals surface area contributed by atoms with Crippen LogP contribution in [0.4, 0.5) is 13.2 Å². The Morgan fingerprint density at radius 1 is 1.24 bits per heavy atom. The van der Waals surface area contributed by atoms with Crippen LogP contribution in [0.5, 0.6) is 0 Å². The van der Waals surface area contributed by atoms with Gasteiger partial charge in [-0.1, -0.05) is 18.2 Å². The van der Waals surface area contributed by atoms with Crippen LogP contribution in [0.2, 0.25) is 0 Å². The number of benzene rings is 1. The largest absolute Gasteiger partial charge is 0.466 e. The van der Waals surface area contributed by atoms with Gasteiger partial charge in [0.05, 0.1) is 28.6 Å². The van der Waals surface area contributed by atoms with E-state index in [1.807, 2.05) is 0 Å². The fraction of sp³-hybridized carbons (Fsp3) is 0.462. The number of esters is 1. The van der Waals surface area contributed by atoms with Gasteiger partial charge in [-0.15, -0.1) is 0 Å². The first-order chi connectivity index (χ1) is 9.71. The number of carbonyl (C=O) groups excluding carboxylic acids is 1. The predicted octanol–water partition coefficient (Wildman–Crippen LogP) is 2.20. The van der Waals surface area contributed by atoms with Crippen molar-refractivity contribution in [3.05, 3.63) is 30.3 Å². The number of alkyl halides is 3. The minimum Gasteiger partial charge on any atom is -0.466 e. The molecule has 3 atom stereocenters. The van der Waals surface area contributed by atoms with Crippen molar-refractivity contribution in [1.29, 1.82) is 0 Å². The SMILES string of the molecule is CCOC(=O)[C@H]1[C@H](C(F)(F)F)[C@H]1S(=O)(=O)c1ccccc1. The lowest BCUT2D eigenvalue weighted by Crippen LogP contribution is -2.18. The Bertz CT molecular complexity index is 625. The molecule has 1 aliphatic carbocycles. The predicted molar refractivity (Wildman–Crippen MR) is 67.1 cm³/mol. The summed E-state index contributed by atoms with van der Waals surface area (Å²) in [7, 11) is -4.23. The molecule has 4 nitrogen and oxygen atoms in total. The molecule has 0 heterocycles. The van der Waals surface area contributed by atoms with Crippen molar-refractivity contribution in [2.24, 2.45) is 11.8 Å². The third-order valence-corrected chi connectivity index (χ3v) is 5.55. The molecule has 116 valence electrons. The van der Waals surface area contributed by atoms with Crippen molar-refractivity contribution >= 4 is 15.8 Å². The van der Waals surface area contributed by atoms with Gasteiger partial charge in [0, 0.05) is 0 Å². The standard InChI is InChI=1S/C13H13F3O4S/c1-2-20-12(17)9-10(13(14,15)16)11(9)21(18,19)8-6-4-3-5-7-8/h3-7,9-11H,2H2,1H3/t9-,10-,11-/m0/s1. The molecule has 21 heavy (non-hydrogen) atoms. The average Bonchev–Trinajstić information content (AvgIpc) is 3.16. The zero-order valence-corrected chi connectivity index (χ0v) is 11.8. The van der Waals surface area contributed by atoms with E-state index in [0.29, 0.717) is 0 Å². The fourth-order valence-corrected chi connectivity index (χ4v) is 4.48. The van der Waals surface area contributed by atoms with E-state index >= 15 is 0 Å². The molecule has 0 saturated heterocycles. The van der Waals surface area contributed by atoms with Crippen LogP contribution in [0.1, 0.15) is 6.92 Å². The molecule has 1 aromatic carbocycles. The highest BCUT2D eigenvalue weighted by atomic mass is 32.2. The minimum atomic E-state index is -4.76. The number of halogens is 3. The lowest BCUT2D eigenvalue weighted by Gasteiger charge is -2.06. The Labute approximate surface area is 119 Å². The minimum absolute atomic E-state index is 0.0992. The maximum atomic E-state index is 12.9. The van der Waals surface area contributed by atoms with Gasteiger partial charge >= 0.3 is 12.1 Å². The molecule has 0 spiro atoms. The van der Waals surface area contributed by atoms with E-state index in [2.05, 4.69) is 4.74 Å². The summed E-state index contributed by atoms with van der Waals surface area (Å²) >= 11 is 0. The molecule has 2 rings (SSSR count). The molecule has 0 aliphatic heterocycles. The van der Waals surface area contributed by atoms with Gasteiger partial charge in [0.15, 0.2) is 9.84 Å². The Morgan fingerprint density at radius 3 is 2.29 bits per heavy atom. The zero-order valence-electron chi connectivity index (χ0n) is 11.0. The monoisotopic (exact) mass is 322 g/mol. The van der Waals surface area contributed by atoms with E-state index in [1.165, 1.54) is 31.2 Å². The molecular formula is C13H13F3O4S. The molecule has 1 fully saturated rings. The van der Waals surface area contributed by atoms with Crippen LogP contribution in [0.15, 0.2) is 35.2 Å². The summed E-state index contributed by atoms with van der Waals surface area (Å²) in [6.45, 7) is 1.35. The summed E-state index contributed by atoms with van der Waals surface area (Å²) in [5, 5.41) is -1.81. The molecule has 0 bridgehead atoms. The maximum absolute atomic E-state index is 12.9. The average molecular weight is 322 g/mol. The van der Waals surface area contributed by atoms with Crippen LogP contribution in [0, 0.1) is 11.8 Å². The molecule has 1 aliphatic rings. The topological polar surface area (TPSA) is 60.4 Å². The summed E-state index contributed by atoms with van der Waals surface area (Å²) in [6, 6.07) is 6.80. The van der Waals surface area contributed by atoms with E-state index in [-0.39, 0.29) is 11.5 Å². The first-order valence-corrected chi connectivity index (χ1v) is 7.78. The Morgan fingerprint density at radius 2 is 1.81 bits per heavy atom. The maximum Gasteiger partial charge on any atom is 0.393 e. The van der Waals surface area contributed by atoms with Gasteiger partial charge in [-0.2, -0.15) is 13.2 Å². The van der Waals surface area contributed by atoms with Crippen LogP contribution in [0.3, 0.4) is 0 Å². The summed E-state index contributed by atoms with van der Waals surface area (Å²) in [6.07, 6.45) is -4.76. The van der Waals surface area contributed by atoms with Gasteiger partial charge in [-0.05, 0) is 19.1 Å². The summed E-state index contributed by atoms with van der Waals surface area (Å²) < 4.78 is 67.8. The molecule has 0 amide bonds. The van der Waals surface area contributed by atoms with E-state index < -0.39 is 39.1 Å². The number of rotatable bonds is 4. The lowest BCUT2D eigenvalue weighted by molar-refractivity contribution is -0.162. The number of hydrogen-bond donors (Lipinski definition) is 0. The van der Waals surface area contributed by atoms with Gasteiger partial charge in [0.25, 0.3) is 0 Å². The van der Waals surface area contributed by atoms with E-state index in [0.717, 1.165) is 0 Å². The number of carbonyl (C=O) groups is 1.